The molecule has 2 amide bonds. The van der Waals surface area contributed by atoms with Gasteiger partial charge in [0, 0.05) is 11.3 Å². The quantitative estimate of drug-likeness (QED) is 0.595. The highest BCUT2D eigenvalue weighted by Gasteiger charge is 2.35. The fourth-order valence-electron chi connectivity index (χ4n) is 3.84. The zero-order valence-corrected chi connectivity index (χ0v) is 16.7. The van der Waals surface area contributed by atoms with Gasteiger partial charge in [0.1, 0.15) is 17.6 Å². The van der Waals surface area contributed by atoms with Crippen LogP contribution in [0.4, 0.5) is 4.79 Å². The van der Waals surface area contributed by atoms with E-state index in [1.807, 2.05) is 0 Å². The number of allylic oxidation sites excluding steroid dienone is 1. The molecule has 2 aliphatic rings. The lowest BCUT2D eigenvalue weighted by atomic mass is 9.94. The van der Waals surface area contributed by atoms with Gasteiger partial charge in [0.2, 0.25) is 0 Å². The van der Waals surface area contributed by atoms with Crippen LogP contribution in [0.15, 0.2) is 29.5 Å². The van der Waals surface area contributed by atoms with Crippen LogP contribution in [0.1, 0.15) is 57.1 Å². The molecule has 3 rings (SSSR count). The van der Waals surface area contributed by atoms with Gasteiger partial charge in [-0.15, -0.1) is 0 Å². The van der Waals surface area contributed by atoms with Crippen LogP contribution in [0.2, 0.25) is 0 Å². The second-order valence-corrected chi connectivity index (χ2v) is 7.20. The van der Waals surface area contributed by atoms with Crippen molar-refractivity contribution in [1.29, 1.82) is 0 Å². The molecule has 0 saturated heterocycles. The summed E-state index contributed by atoms with van der Waals surface area (Å²) in [6, 6.07) is 4.23. The van der Waals surface area contributed by atoms with E-state index >= 15 is 0 Å². The van der Waals surface area contributed by atoms with Crippen LogP contribution in [-0.4, -0.2) is 32.3 Å². The number of hydrogen-bond acceptors (Lipinski definition) is 5. The summed E-state index contributed by atoms with van der Waals surface area (Å²) in [6.07, 6.45) is 6.17. The van der Waals surface area contributed by atoms with Gasteiger partial charge in [0.25, 0.3) is 0 Å². The van der Waals surface area contributed by atoms with Gasteiger partial charge in [-0.3, -0.25) is 0 Å². The first kappa shape index (κ1) is 20.0. The van der Waals surface area contributed by atoms with Crippen LogP contribution in [0.25, 0.3) is 0 Å². The Balaban J connectivity index is 1.93. The lowest BCUT2D eigenvalue weighted by molar-refractivity contribution is -0.145. The van der Waals surface area contributed by atoms with Gasteiger partial charge in [-0.2, -0.15) is 0 Å². The Morgan fingerprint density at radius 3 is 2.43 bits per heavy atom. The molecule has 152 valence electrons. The SMILES string of the molecule is COc1ccc(OC)c([C@@H]2NC(=O)NC(C)=C2C(=O)OC2CCCCCC2)c1. The van der Waals surface area contributed by atoms with Gasteiger partial charge >= 0.3 is 12.0 Å². The number of carbonyl (C=O) groups is 2. The van der Waals surface area contributed by atoms with E-state index in [1.165, 1.54) is 12.8 Å². The fraction of sp³-hybridized carbons (Fsp3) is 0.524. The molecule has 0 unspecified atom stereocenters. The van der Waals surface area contributed by atoms with Gasteiger partial charge in [0.15, 0.2) is 0 Å². The van der Waals surface area contributed by atoms with Crippen molar-refractivity contribution in [3.05, 3.63) is 35.0 Å². The number of esters is 1. The highest BCUT2D eigenvalue weighted by Crippen LogP contribution is 2.36. The molecule has 1 aliphatic carbocycles. The molecule has 1 aromatic rings. The monoisotopic (exact) mass is 388 g/mol. The normalized spacial score (nSPS) is 20.7. The number of rotatable bonds is 5. The lowest BCUT2D eigenvalue weighted by Crippen LogP contribution is -2.45. The van der Waals surface area contributed by atoms with Crippen molar-refractivity contribution in [2.45, 2.75) is 57.6 Å². The van der Waals surface area contributed by atoms with E-state index in [2.05, 4.69) is 10.6 Å². The van der Waals surface area contributed by atoms with Crippen molar-refractivity contribution in [2.75, 3.05) is 14.2 Å². The molecule has 0 bridgehead atoms. The summed E-state index contributed by atoms with van der Waals surface area (Å²) in [6.45, 7) is 1.71. The van der Waals surface area contributed by atoms with E-state index in [-0.39, 0.29) is 12.1 Å². The fourth-order valence-corrected chi connectivity index (χ4v) is 3.84. The van der Waals surface area contributed by atoms with Crippen LogP contribution in [-0.2, 0) is 9.53 Å². The minimum absolute atomic E-state index is 0.0826. The Hall–Kier alpha value is -2.70. The number of urea groups is 1. The van der Waals surface area contributed by atoms with E-state index in [0.29, 0.717) is 28.3 Å². The molecule has 1 aliphatic heterocycles. The van der Waals surface area contributed by atoms with Crippen LogP contribution in [0.5, 0.6) is 11.5 Å². The first-order valence-corrected chi connectivity index (χ1v) is 9.74. The summed E-state index contributed by atoms with van der Waals surface area (Å²) in [5.41, 5.74) is 1.51. The number of hydrogen-bond donors (Lipinski definition) is 2. The van der Waals surface area contributed by atoms with Crippen molar-refractivity contribution in [3.8, 4) is 11.5 Å². The standard InChI is InChI=1S/C21H28N2O5/c1-13-18(20(24)28-14-8-6-4-5-7-9-14)19(23-21(25)22-13)16-12-15(26-2)10-11-17(16)27-3/h10-12,14,19H,4-9H2,1-3H3,(H2,22,23,25)/t19-/m0/s1. The van der Waals surface area contributed by atoms with Crippen molar-refractivity contribution in [2.24, 2.45) is 0 Å². The van der Waals surface area contributed by atoms with Crippen molar-refractivity contribution in [1.82, 2.24) is 10.6 Å². The minimum Gasteiger partial charge on any atom is -0.497 e. The second kappa shape index (κ2) is 8.99. The predicted octanol–water partition coefficient (Wildman–Crippen LogP) is 3.60. The average Bonchev–Trinajstić information content (AvgIpc) is 2.95. The average molecular weight is 388 g/mol. The molecule has 1 saturated carbocycles. The first-order valence-electron chi connectivity index (χ1n) is 9.74. The second-order valence-electron chi connectivity index (χ2n) is 7.20. The van der Waals surface area contributed by atoms with E-state index < -0.39 is 12.0 Å². The maximum atomic E-state index is 13.1. The minimum atomic E-state index is -0.683. The Labute approximate surface area is 165 Å². The largest absolute Gasteiger partial charge is 0.497 e. The Morgan fingerprint density at radius 1 is 1.07 bits per heavy atom. The third kappa shape index (κ3) is 4.40. The number of nitrogens with one attached hydrogen (secondary N) is 2. The third-order valence-corrected chi connectivity index (χ3v) is 5.31. The van der Waals surface area contributed by atoms with Gasteiger partial charge in [-0.25, -0.2) is 9.59 Å². The molecule has 0 radical (unpaired) electrons. The third-order valence-electron chi connectivity index (χ3n) is 5.31. The first-order chi connectivity index (χ1) is 13.5. The Kier molecular flexibility index (Phi) is 6.44. The van der Waals surface area contributed by atoms with Crippen LogP contribution < -0.4 is 20.1 Å². The molecule has 0 aromatic heterocycles. The highest BCUT2D eigenvalue weighted by molar-refractivity contribution is 5.95. The molecule has 0 spiro atoms. The summed E-state index contributed by atoms with van der Waals surface area (Å²) >= 11 is 0. The summed E-state index contributed by atoms with van der Waals surface area (Å²) in [4.78, 5) is 25.2. The maximum Gasteiger partial charge on any atom is 0.338 e. The molecular weight excluding hydrogens is 360 g/mol. The van der Waals surface area contributed by atoms with Crippen LogP contribution in [0.3, 0.4) is 0 Å². The topological polar surface area (TPSA) is 85.9 Å². The summed E-state index contributed by atoms with van der Waals surface area (Å²) in [7, 11) is 3.11. The maximum absolute atomic E-state index is 13.1. The molecule has 2 N–H and O–H groups in total. The number of ether oxygens (including phenoxy) is 3. The number of methoxy groups -OCH3 is 2. The van der Waals surface area contributed by atoms with Gasteiger partial charge in [0.05, 0.1) is 25.8 Å². The zero-order valence-electron chi connectivity index (χ0n) is 16.7. The van der Waals surface area contributed by atoms with Gasteiger partial charge < -0.3 is 24.8 Å². The van der Waals surface area contributed by atoms with Crippen molar-refractivity contribution >= 4 is 12.0 Å². The zero-order chi connectivity index (χ0) is 20.1. The van der Waals surface area contributed by atoms with Gasteiger partial charge in [-0.1, -0.05) is 12.8 Å². The van der Waals surface area contributed by atoms with Crippen molar-refractivity contribution < 1.29 is 23.8 Å². The number of benzene rings is 1. The molecule has 1 aromatic carbocycles. The molecular formula is C21H28N2O5. The van der Waals surface area contributed by atoms with E-state index in [9.17, 15) is 9.59 Å². The highest BCUT2D eigenvalue weighted by atomic mass is 16.5. The summed E-state index contributed by atoms with van der Waals surface area (Å²) in [5.74, 6) is 0.755. The van der Waals surface area contributed by atoms with E-state index in [4.69, 9.17) is 14.2 Å². The number of carbonyl (C=O) groups excluding carboxylic acids is 2. The number of amides is 2. The van der Waals surface area contributed by atoms with E-state index in [0.717, 1.165) is 25.7 Å². The smallest absolute Gasteiger partial charge is 0.338 e. The Bertz CT molecular complexity index is 766. The molecule has 7 heteroatoms. The van der Waals surface area contributed by atoms with Gasteiger partial charge in [-0.05, 0) is 50.8 Å². The van der Waals surface area contributed by atoms with Crippen LogP contribution in [0, 0.1) is 0 Å². The predicted molar refractivity (Wildman–Crippen MR) is 104 cm³/mol. The molecule has 1 heterocycles. The Morgan fingerprint density at radius 2 is 1.79 bits per heavy atom. The lowest BCUT2D eigenvalue weighted by Gasteiger charge is -2.30. The molecule has 28 heavy (non-hydrogen) atoms. The van der Waals surface area contributed by atoms with Crippen molar-refractivity contribution in [3.63, 3.8) is 0 Å². The van der Waals surface area contributed by atoms with E-state index in [1.54, 1.807) is 39.3 Å². The molecule has 7 nitrogen and oxygen atoms in total. The summed E-state index contributed by atoms with van der Waals surface area (Å²) in [5, 5.41) is 5.51. The molecule has 1 atom stereocenters. The molecule has 1 fully saturated rings. The van der Waals surface area contributed by atoms with Crippen LogP contribution >= 0.6 is 0 Å². The summed E-state index contributed by atoms with van der Waals surface area (Å²) < 4.78 is 16.6.